The molecule has 1 unspecified atom stereocenters. The van der Waals surface area contributed by atoms with Crippen molar-refractivity contribution in [3.8, 4) is 0 Å². The summed E-state index contributed by atoms with van der Waals surface area (Å²) in [6.45, 7) is 10.2. The molecular weight excluding hydrogens is 160 g/mol. The summed E-state index contributed by atoms with van der Waals surface area (Å²) in [5, 5.41) is 4.40. The highest BCUT2D eigenvalue weighted by molar-refractivity contribution is 5.28. The molecular formula is C11H18N2. The Morgan fingerprint density at radius 3 is 2.54 bits per heavy atom. The van der Waals surface area contributed by atoms with Crippen molar-refractivity contribution in [1.29, 1.82) is 0 Å². The van der Waals surface area contributed by atoms with E-state index in [0.29, 0.717) is 5.92 Å². The van der Waals surface area contributed by atoms with Crippen LogP contribution < -0.4 is 0 Å². The van der Waals surface area contributed by atoms with E-state index in [0.717, 1.165) is 12.1 Å². The van der Waals surface area contributed by atoms with Crippen molar-refractivity contribution < 1.29 is 0 Å². The van der Waals surface area contributed by atoms with Gasteiger partial charge in [0.15, 0.2) is 0 Å². The van der Waals surface area contributed by atoms with Gasteiger partial charge in [0.25, 0.3) is 0 Å². The van der Waals surface area contributed by atoms with Crippen LogP contribution in [0.3, 0.4) is 0 Å². The summed E-state index contributed by atoms with van der Waals surface area (Å²) in [6, 6.07) is 0. The van der Waals surface area contributed by atoms with E-state index in [1.807, 2.05) is 17.8 Å². The summed E-state index contributed by atoms with van der Waals surface area (Å²) in [5.41, 5.74) is 3.80. The number of allylic oxidation sites excluding steroid dienone is 1. The van der Waals surface area contributed by atoms with Crippen LogP contribution in [-0.2, 0) is 7.05 Å². The van der Waals surface area contributed by atoms with Crippen molar-refractivity contribution in [2.75, 3.05) is 0 Å². The van der Waals surface area contributed by atoms with Gasteiger partial charge in [-0.25, -0.2) is 0 Å². The molecule has 13 heavy (non-hydrogen) atoms. The molecule has 0 N–H and O–H groups in total. The molecule has 0 fully saturated rings. The molecule has 0 saturated heterocycles. The van der Waals surface area contributed by atoms with Gasteiger partial charge in [0.05, 0.1) is 5.69 Å². The van der Waals surface area contributed by atoms with Crippen molar-refractivity contribution in [3.63, 3.8) is 0 Å². The minimum absolute atomic E-state index is 0.534. The number of nitrogens with zero attached hydrogens (tertiary/aromatic N) is 2. The van der Waals surface area contributed by atoms with E-state index >= 15 is 0 Å². The Kier molecular flexibility index (Phi) is 2.91. The summed E-state index contributed by atoms with van der Waals surface area (Å²) in [5.74, 6) is 0.534. The van der Waals surface area contributed by atoms with Crippen LogP contribution in [-0.4, -0.2) is 9.78 Å². The summed E-state index contributed by atoms with van der Waals surface area (Å²) >= 11 is 0. The molecule has 0 aliphatic rings. The predicted octanol–water partition coefficient (Wildman–Crippen LogP) is 2.72. The molecule has 0 amide bonds. The van der Waals surface area contributed by atoms with Gasteiger partial charge < -0.3 is 0 Å². The largest absolute Gasteiger partial charge is 0.272 e. The van der Waals surface area contributed by atoms with Crippen molar-refractivity contribution in [2.45, 2.75) is 33.1 Å². The van der Waals surface area contributed by atoms with E-state index in [1.165, 1.54) is 11.3 Å². The lowest BCUT2D eigenvalue weighted by Gasteiger charge is -2.09. The fourth-order valence-corrected chi connectivity index (χ4v) is 1.87. The van der Waals surface area contributed by atoms with E-state index < -0.39 is 0 Å². The van der Waals surface area contributed by atoms with Crippen LogP contribution in [0.2, 0.25) is 0 Å². The lowest BCUT2D eigenvalue weighted by Crippen LogP contribution is -1.97. The first-order valence-corrected chi connectivity index (χ1v) is 4.69. The van der Waals surface area contributed by atoms with Crippen molar-refractivity contribution >= 4 is 0 Å². The maximum absolute atomic E-state index is 4.40. The molecule has 72 valence electrons. The van der Waals surface area contributed by atoms with Gasteiger partial charge >= 0.3 is 0 Å². The minimum Gasteiger partial charge on any atom is -0.272 e. The van der Waals surface area contributed by atoms with Crippen molar-refractivity contribution in [3.05, 3.63) is 29.6 Å². The third-order valence-corrected chi connectivity index (χ3v) is 2.58. The van der Waals surface area contributed by atoms with Gasteiger partial charge in [-0.2, -0.15) is 5.10 Å². The zero-order chi connectivity index (χ0) is 10.0. The molecule has 0 bridgehead atoms. The second-order valence-corrected chi connectivity index (χ2v) is 3.63. The van der Waals surface area contributed by atoms with Crippen LogP contribution in [0.25, 0.3) is 0 Å². The Labute approximate surface area is 80.3 Å². The van der Waals surface area contributed by atoms with Crippen LogP contribution in [0.5, 0.6) is 0 Å². The highest BCUT2D eigenvalue weighted by Crippen LogP contribution is 2.25. The van der Waals surface area contributed by atoms with Crippen LogP contribution >= 0.6 is 0 Å². The van der Waals surface area contributed by atoms with Gasteiger partial charge in [0.2, 0.25) is 0 Å². The van der Waals surface area contributed by atoms with Gasteiger partial charge in [0, 0.05) is 12.7 Å². The maximum Gasteiger partial charge on any atom is 0.0631 e. The lowest BCUT2D eigenvalue weighted by atomic mass is 9.96. The lowest BCUT2D eigenvalue weighted by molar-refractivity contribution is 0.723. The fourth-order valence-electron chi connectivity index (χ4n) is 1.87. The number of aryl methyl sites for hydroxylation is 2. The van der Waals surface area contributed by atoms with E-state index in [1.54, 1.807) is 0 Å². The Morgan fingerprint density at radius 2 is 2.15 bits per heavy atom. The molecule has 1 atom stereocenters. The molecule has 2 nitrogen and oxygen atoms in total. The molecule has 1 aromatic rings. The van der Waals surface area contributed by atoms with Crippen molar-refractivity contribution in [2.24, 2.45) is 7.05 Å². The number of hydrogen-bond donors (Lipinski definition) is 0. The van der Waals surface area contributed by atoms with E-state index in [2.05, 4.69) is 32.4 Å². The fraction of sp³-hybridized carbons (Fsp3) is 0.545. The molecule has 0 spiro atoms. The first kappa shape index (κ1) is 10.0. The van der Waals surface area contributed by atoms with Gasteiger partial charge in [-0.15, -0.1) is 6.58 Å². The Bertz CT molecular complexity index is 310. The first-order valence-electron chi connectivity index (χ1n) is 4.69. The second kappa shape index (κ2) is 3.77. The van der Waals surface area contributed by atoms with Crippen LogP contribution in [0.15, 0.2) is 12.7 Å². The van der Waals surface area contributed by atoms with E-state index in [9.17, 15) is 0 Å². The molecule has 0 aliphatic carbocycles. The van der Waals surface area contributed by atoms with Crippen molar-refractivity contribution in [1.82, 2.24) is 9.78 Å². The van der Waals surface area contributed by atoms with Crippen LogP contribution in [0.1, 0.15) is 36.2 Å². The van der Waals surface area contributed by atoms with E-state index in [-0.39, 0.29) is 0 Å². The zero-order valence-corrected chi connectivity index (χ0v) is 8.96. The molecule has 2 heteroatoms. The highest BCUT2D eigenvalue weighted by Gasteiger charge is 2.14. The molecule has 0 saturated carbocycles. The van der Waals surface area contributed by atoms with Crippen LogP contribution in [0, 0.1) is 13.8 Å². The second-order valence-electron chi connectivity index (χ2n) is 3.63. The van der Waals surface area contributed by atoms with Gasteiger partial charge in [-0.3, -0.25) is 4.68 Å². The molecule has 0 aliphatic heterocycles. The first-order chi connectivity index (χ1) is 6.07. The normalized spacial score (nSPS) is 12.9. The smallest absolute Gasteiger partial charge is 0.0631 e. The third-order valence-electron chi connectivity index (χ3n) is 2.58. The van der Waals surface area contributed by atoms with Gasteiger partial charge in [-0.1, -0.05) is 13.0 Å². The average Bonchev–Trinajstić information content (AvgIpc) is 2.27. The minimum atomic E-state index is 0.534. The molecule has 1 heterocycles. The number of aromatic nitrogens is 2. The summed E-state index contributed by atoms with van der Waals surface area (Å²) < 4.78 is 1.95. The highest BCUT2D eigenvalue weighted by atomic mass is 15.3. The van der Waals surface area contributed by atoms with Crippen LogP contribution in [0.4, 0.5) is 0 Å². The molecule has 1 rings (SSSR count). The monoisotopic (exact) mass is 178 g/mol. The Balaban J connectivity index is 3.05. The SMILES string of the molecule is C=CCC(C)c1c(C)nn(C)c1C. The molecule has 0 aromatic carbocycles. The molecule has 0 radical (unpaired) electrons. The third kappa shape index (κ3) is 1.82. The topological polar surface area (TPSA) is 17.8 Å². The maximum atomic E-state index is 4.40. The molecule has 1 aromatic heterocycles. The Hall–Kier alpha value is -1.05. The summed E-state index contributed by atoms with van der Waals surface area (Å²) in [6.07, 6.45) is 2.99. The predicted molar refractivity (Wildman–Crippen MR) is 55.9 cm³/mol. The quantitative estimate of drug-likeness (QED) is 0.651. The number of hydrogen-bond acceptors (Lipinski definition) is 1. The average molecular weight is 178 g/mol. The summed E-state index contributed by atoms with van der Waals surface area (Å²) in [4.78, 5) is 0. The van der Waals surface area contributed by atoms with E-state index in [4.69, 9.17) is 0 Å². The number of rotatable bonds is 3. The van der Waals surface area contributed by atoms with Gasteiger partial charge in [0.1, 0.15) is 0 Å². The Morgan fingerprint density at radius 1 is 1.54 bits per heavy atom. The van der Waals surface area contributed by atoms with Gasteiger partial charge in [-0.05, 0) is 31.7 Å². The standard InChI is InChI=1S/C11H18N2/c1-6-7-8(2)11-9(3)12-13(5)10(11)4/h6,8H,1,7H2,2-5H3. The summed E-state index contributed by atoms with van der Waals surface area (Å²) in [7, 11) is 1.99. The zero-order valence-electron chi connectivity index (χ0n) is 8.96.